The third kappa shape index (κ3) is 2.44. The summed E-state index contributed by atoms with van der Waals surface area (Å²) in [6, 6.07) is 17.0. The molecule has 2 aromatic carbocycles. The molecule has 2 heteroatoms. The van der Waals surface area contributed by atoms with E-state index < -0.39 is 0 Å². The van der Waals surface area contributed by atoms with Gasteiger partial charge in [0.15, 0.2) is 0 Å². The fourth-order valence-corrected chi connectivity index (χ4v) is 3.30. The summed E-state index contributed by atoms with van der Waals surface area (Å²) in [7, 11) is 1.72. The van der Waals surface area contributed by atoms with Gasteiger partial charge in [-0.3, -0.25) is 0 Å². The minimum absolute atomic E-state index is 0.148. The number of para-hydroxylation sites is 1. The molecule has 0 spiro atoms. The summed E-state index contributed by atoms with van der Waals surface area (Å²) in [6.07, 6.45) is 3.18. The van der Waals surface area contributed by atoms with Crippen LogP contribution in [-0.2, 0) is 12.8 Å². The third-order valence-corrected chi connectivity index (χ3v) is 4.34. The minimum atomic E-state index is 0.148. The Morgan fingerprint density at radius 1 is 1.15 bits per heavy atom. The smallest absolute Gasteiger partial charge is 0.122 e. The Hall–Kier alpha value is -1.80. The lowest BCUT2D eigenvalue weighted by Gasteiger charge is -2.21. The maximum absolute atomic E-state index is 6.49. The van der Waals surface area contributed by atoms with E-state index in [1.54, 1.807) is 7.11 Å². The molecule has 2 nitrogen and oxygen atoms in total. The lowest BCUT2D eigenvalue weighted by Crippen LogP contribution is -2.29. The number of hydrogen-bond donors (Lipinski definition) is 1. The average Bonchev–Trinajstić information content (AvgIpc) is 2.92. The van der Waals surface area contributed by atoms with E-state index in [0.717, 1.165) is 25.0 Å². The van der Waals surface area contributed by atoms with E-state index in [9.17, 15) is 0 Å². The van der Waals surface area contributed by atoms with Crippen LogP contribution in [0, 0.1) is 0 Å². The molecule has 0 fully saturated rings. The summed E-state index contributed by atoms with van der Waals surface area (Å²) in [5, 5.41) is 0. The minimum Gasteiger partial charge on any atom is -0.496 e. The van der Waals surface area contributed by atoms with Crippen LogP contribution in [-0.4, -0.2) is 13.2 Å². The lowest BCUT2D eigenvalue weighted by atomic mass is 9.89. The zero-order chi connectivity index (χ0) is 13.9. The van der Waals surface area contributed by atoms with Crippen molar-refractivity contribution < 1.29 is 4.74 Å². The quantitative estimate of drug-likeness (QED) is 0.922. The van der Waals surface area contributed by atoms with Crippen molar-refractivity contribution in [1.82, 2.24) is 0 Å². The van der Waals surface area contributed by atoms with Crippen molar-refractivity contribution in [2.45, 2.75) is 31.2 Å². The first-order chi connectivity index (χ1) is 9.79. The van der Waals surface area contributed by atoms with E-state index in [4.69, 9.17) is 10.5 Å². The van der Waals surface area contributed by atoms with Crippen molar-refractivity contribution in [3.63, 3.8) is 0 Å². The van der Waals surface area contributed by atoms with E-state index in [0.29, 0.717) is 5.92 Å². The van der Waals surface area contributed by atoms with Gasteiger partial charge in [0.25, 0.3) is 0 Å². The molecule has 20 heavy (non-hydrogen) atoms. The zero-order valence-electron chi connectivity index (χ0n) is 11.9. The fourth-order valence-electron chi connectivity index (χ4n) is 3.30. The SMILES string of the molecule is COc1ccccc1CC(N)C1CCc2ccccc21. The summed E-state index contributed by atoms with van der Waals surface area (Å²) < 4.78 is 5.42. The molecule has 0 radical (unpaired) electrons. The van der Waals surface area contributed by atoms with Gasteiger partial charge in [0.05, 0.1) is 7.11 Å². The average molecular weight is 267 g/mol. The topological polar surface area (TPSA) is 35.2 Å². The van der Waals surface area contributed by atoms with Crippen molar-refractivity contribution in [2.75, 3.05) is 7.11 Å². The van der Waals surface area contributed by atoms with Crippen LogP contribution in [0.25, 0.3) is 0 Å². The molecule has 0 amide bonds. The molecule has 0 heterocycles. The van der Waals surface area contributed by atoms with Gasteiger partial charge in [-0.25, -0.2) is 0 Å². The van der Waals surface area contributed by atoms with Crippen LogP contribution >= 0.6 is 0 Å². The highest BCUT2D eigenvalue weighted by molar-refractivity contribution is 5.38. The van der Waals surface area contributed by atoms with Crippen LogP contribution in [0.1, 0.15) is 29.0 Å². The third-order valence-electron chi connectivity index (χ3n) is 4.34. The van der Waals surface area contributed by atoms with Crippen molar-refractivity contribution >= 4 is 0 Å². The highest BCUT2D eigenvalue weighted by Gasteiger charge is 2.27. The predicted octanol–water partition coefficient (Wildman–Crippen LogP) is 3.30. The number of fused-ring (bicyclic) bond motifs is 1. The summed E-state index contributed by atoms with van der Waals surface area (Å²) in [6.45, 7) is 0. The number of aryl methyl sites for hydroxylation is 1. The van der Waals surface area contributed by atoms with Gasteiger partial charge in [0, 0.05) is 6.04 Å². The molecule has 2 atom stereocenters. The molecule has 1 aliphatic rings. The highest BCUT2D eigenvalue weighted by Crippen LogP contribution is 2.36. The van der Waals surface area contributed by atoms with E-state index >= 15 is 0 Å². The molecule has 3 rings (SSSR count). The number of methoxy groups -OCH3 is 1. The van der Waals surface area contributed by atoms with Gasteiger partial charge >= 0.3 is 0 Å². The van der Waals surface area contributed by atoms with Gasteiger partial charge in [0.2, 0.25) is 0 Å². The normalized spacial score (nSPS) is 18.6. The molecule has 0 bridgehead atoms. The maximum Gasteiger partial charge on any atom is 0.122 e. The Bertz CT molecular complexity index is 593. The van der Waals surface area contributed by atoms with Crippen LogP contribution in [0.15, 0.2) is 48.5 Å². The molecular formula is C18H21NO. The molecule has 2 N–H and O–H groups in total. The van der Waals surface area contributed by atoms with Crippen LogP contribution in [0.3, 0.4) is 0 Å². The first-order valence-corrected chi connectivity index (χ1v) is 7.25. The molecule has 0 aliphatic heterocycles. The monoisotopic (exact) mass is 267 g/mol. The molecule has 0 saturated heterocycles. The second-order valence-electron chi connectivity index (χ2n) is 5.52. The van der Waals surface area contributed by atoms with Crippen LogP contribution in [0.5, 0.6) is 5.75 Å². The van der Waals surface area contributed by atoms with Crippen molar-refractivity contribution in [3.05, 3.63) is 65.2 Å². The highest BCUT2D eigenvalue weighted by atomic mass is 16.5. The van der Waals surface area contributed by atoms with Gasteiger partial charge in [-0.2, -0.15) is 0 Å². The molecule has 2 unspecified atom stereocenters. The summed E-state index contributed by atoms with van der Waals surface area (Å²) in [4.78, 5) is 0. The van der Waals surface area contributed by atoms with E-state index in [1.807, 2.05) is 18.2 Å². The van der Waals surface area contributed by atoms with Gasteiger partial charge in [-0.1, -0.05) is 42.5 Å². The van der Waals surface area contributed by atoms with Crippen molar-refractivity contribution in [1.29, 1.82) is 0 Å². The second kappa shape index (κ2) is 5.68. The molecule has 0 aromatic heterocycles. The standard InChI is InChI=1S/C18H21NO/c1-20-18-9-5-3-7-14(18)12-17(19)16-11-10-13-6-2-4-8-15(13)16/h2-9,16-17H,10-12,19H2,1H3. The van der Waals surface area contributed by atoms with E-state index in [-0.39, 0.29) is 6.04 Å². The van der Waals surface area contributed by atoms with Gasteiger partial charge in [-0.15, -0.1) is 0 Å². The number of rotatable bonds is 4. The largest absolute Gasteiger partial charge is 0.496 e. The first kappa shape index (κ1) is 13.2. The van der Waals surface area contributed by atoms with Crippen molar-refractivity contribution in [3.8, 4) is 5.75 Å². The van der Waals surface area contributed by atoms with Crippen LogP contribution < -0.4 is 10.5 Å². The van der Waals surface area contributed by atoms with Crippen LogP contribution in [0.4, 0.5) is 0 Å². The lowest BCUT2D eigenvalue weighted by molar-refractivity contribution is 0.405. The Labute approximate surface area is 120 Å². The molecule has 104 valence electrons. The first-order valence-electron chi connectivity index (χ1n) is 7.25. The van der Waals surface area contributed by atoms with E-state index in [2.05, 4.69) is 30.3 Å². The van der Waals surface area contributed by atoms with Crippen molar-refractivity contribution in [2.24, 2.45) is 5.73 Å². The Morgan fingerprint density at radius 2 is 1.90 bits per heavy atom. The Morgan fingerprint density at radius 3 is 2.75 bits per heavy atom. The molecule has 2 aromatic rings. The van der Waals surface area contributed by atoms with Gasteiger partial charge in [-0.05, 0) is 47.9 Å². The second-order valence-corrected chi connectivity index (χ2v) is 5.52. The number of hydrogen-bond acceptors (Lipinski definition) is 2. The number of benzene rings is 2. The summed E-state index contributed by atoms with van der Waals surface area (Å²) in [5.41, 5.74) is 10.6. The Balaban J connectivity index is 1.79. The Kier molecular flexibility index (Phi) is 3.75. The van der Waals surface area contributed by atoms with Gasteiger partial charge in [0.1, 0.15) is 5.75 Å². The van der Waals surface area contributed by atoms with Gasteiger partial charge < -0.3 is 10.5 Å². The summed E-state index contributed by atoms with van der Waals surface area (Å²) >= 11 is 0. The zero-order valence-corrected chi connectivity index (χ0v) is 11.9. The fraction of sp³-hybridized carbons (Fsp3) is 0.333. The summed E-state index contributed by atoms with van der Waals surface area (Å²) in [5.74, 6) is 1.41. The maximum atomic E-state index is 6.49. The molecular weight excluding hydrogens is 246 g/mol. The number of nitrogens with two attached hydrogens (primary N) is 1. The predicted molar refractivity (Wildman–Crippen MR) is 82.2 cm³/mol. The molecule has 1 aliphatic carbocycles. The number of ether oxygens (including phenoxy) is 1. The van der Waals surface area contributed by atoms with Crippen LogP contribution in [0.2, 0.25) is 0 Å². The van der Waals surface area contributed by atoms with E-state index in [1.165, 1.54) is 16.7 Å². The molecule has 0 saturated carbocycles.